The average molecular weight is 2110 g/mol. The van der Waals surface area contributed by atoms with E-state index in [4.69, 9.17) is 51.4 Å². The summed E-state index contributed by atoms with van der Waals surface area (Å²) >= 11 is 5.58. The molecule has 4 aromatic heterocycles. The third kappa shape index (κ3) is 39.6. The molecular weight excluding hydrogens is 2030 g/mol. The lowest BCUT2D eigenvalue weighted by Crippen LogP contribution is -2.29. The number of esters is 2. The number of anilines is 3. The zero-order chi connectivity index (χ0) is 106. The van der Waals surface area contributed by atoms with Crippen LogP contribution in [0, 0.1) is 77.8 Å². The van der Waals surface area contributed by atoms with Crippen LogP contribution in [0.15, 0.2) is 206 Å². The van der Waals surface area contributed by atoms with Gasteiger partial charge in [0.2, 0.25) is 41.9 Å². The molecule has 754 valence electrons. The summed E-state index contributed by atoms with van der Waals surface area (Å²) in [5, 5.41) is 21.7. The van der Waals surface area contributed by atoms with Crippen LogP contribution in [-0.2, 0) is 103 Å². The Morgan fingerprint density at radius 2 is 0.692 bits per heavy atom. The summed E-state index contributed by atoms with van der Waals surface area (Å²) in [4.78, 5) is 61.0. The van der Waals surface area contributed by atoms with Crippen molar-refractivity contribution in [3.05, 3.63) is 331 Å². The topological polar surface area (TPSA) is 367 Å². The highest BCUT2D eigenvalue weighted by Gasteiger charge is 2.37. The molecule has 2 amide bonds. The molecule has 0 radical (unpaired) electrons. The van der Waals surface area contributed by atoms with E-state index >= 15 is 0 Å². The number of alkyl halides is 12. The minimum absolute atomic E-state index is 0. The number of nitrogens with one attached hydrogen (secondary N) is 5. The highest BCUT2D eigenvalue weighted by molar-refractivity contribution is 7.92. The fraction of sp³-hybridized carbons (Fsp3) is 0.149. The Kier molecular flexibility index (Phi) is 44.0. The third-order valence-electron chi connectivity index (χ3n) is 17.4. The number of rotatable bonds is 25. The van der Waals surface area contributed by atoms with E-state index in [1.807, 2.05) is 14.2 Å². The van der Waals surface area contributed by atoms with Gasteiger partial charge in [0.1, 0.15) is 68.6 Å². The van der Waals surface area contributed by atoms with E-state index in [1.54, 1.807) is 13.8 Å². The quantitative estimate of drug-likeness (QED) is 0.00658. The first-order chi connectivity index (χ1) is 66.2. The zero-order valence-electron chi connectivity index (χ0n) is 74.1. The highest BCUT2D eigenvalue weighted by atomic mass is 35.5. The van der Waals surface area contributed by atoms with Crippen molar-refractivity contribution in [2.24, 2.45) is 5.73 Å². The second-order valence-electron chi connectivity index (χ2n) is 28.5. The van der Waals surface area contributed by atoms with Crippen molar-refractivity contribution in [2.45, 2.75) is 58.2 Å². The molecule has 9 N–H and O–H groups in total. The largest absolute Gasteiger partial charge is 0.488 e. The fourth-order valence-electron chi connectivity index (χ4n) is 11.3. The van der Waals surface area contributed by atoms with Gasteiger partial charge in [-0.3, -0.25) is 23.8 Å². The van der Waals surface area contributed by atoms with Crippen LogP contribution in [0.2, 0.25) is 5.15 Å². The van der Waals surface area contributed by atoms with Crippen LogP contribution in [0.1, 0.15) is 92.3 Å². The summed E-state index contributed by atoms with van der Waals surface area (Å²) < 4.78 is 333. The predicted octanol–water partition coefficient (Wildman–Crippen LogP) is 17.8. The number of sulfonamides is 3. The molecule has 0 saturated heterocycles. The number of terminal acetylenes is 3. The van der Waals surface area contributed by atoms with Gasteiger partial charge in [-0.15, -0.1) is 31.7 Å². The van der Waals surface area contributed by atoms with Gasteiger partial charge in [0.15, 0.2) is 0 Å². The summed E-state index contributed by atoms with van der Waals surface area (Å²) in [5.41, 5.74) is 1.39. The maximum Gasteiger partial charge on any atom is 0.488 e. The van der Waals surface area contributed by atoms with E-state index in [2.05, 4.69) is 53.1 Å². The van der Waals surface area contributed by atoms with Gasteiger partial charge in [-0.05, 0) is 176 Å². The van der Waals surface area contributed by atoms with Gasteiger partial charge in [-0.25, -0.2) is 85.5 Å². The van der Waals surface area contributed by atoms with Crippen molar-refractivity contribution in [3.8, 4) is 70.8 Å². The van der Waals surface area contributed by atoms with Crippen LogP contribution >= 0.6 is 24.0 Å². The van der Waals surface area contributed by atoms with Gasteiger partial charge in [-0.2, -0.15) is 52.7 Å². The first-order valence-corrected chi connectivity index (χ1v) is 45.8. The van der Waals surface area contributed by atoms with E-state index in [9.17, 15) is 128 Å². The predicted molar refractivity (Wildman–Crippen MR) is 501 cm³/mol. The fourth-order valence-corrected chi connectivity index (χ4v) is 13.3. The Labute approximate surface area is 816 Å². The molecule has 4 heterocycles. The van der Waals surface area contributed by atoms with Crippen molar-refractivity contribution in [1.82, 2.24) is 30.6 Å². The standard InChI is InChI=1S/2C25H18F5N3O3S.C17H13F4NO2.C11H9ClF3NO2.C10H11FN2O2S.C6H6BFO2.ClH/c2*1-3-16-11-15(12-20(27)24(16)33-37(2,35)36)14-31-22(34)10-8-17-7-9-21(25(28,29)30)32-23(17)18-5-4-6-19(26)13-18;1-2-24-15(23)9-7-11-6-8-14(17(19,20)21)22-16(11)12-4-3-5-13(18)10-12;1-2-18-9(17)6-4-7-3-5-8(11(13,14)15)16-10(7)12;1-3-8-4-7(6-12)5-9(11)10(8)13-16(2,14)15;8-6-3-1-2-5(4-6)7(9)10;/h2*1,4-13,33H,14H2,2H3,(H,31,34);3-10H,2H2,1H3;3-6H,2H2,1H3;1,4-5,13H,6,12H2,2H3;1-4,9-10H;1H/b2*10-8+;9-7+;6-4+;;;. The molecule has 49 heteroatoms. The number of nitrogens with two attached hydrogens (primary N) is 1. The summed E-state index contributed by atoms with van der Waals surface area (Å²) in [6.07, 6.45) is 8.89. The molecule has 0 bridgehead atoms. The number of carbonyl (C=O) groups is 4. The second-order valence-corrected chi connectivity index (χ2v) is 34.1. The molecule has 0 aliphatic carbocycles. The Morgan fingerprint density at radius 3 is 0.958 bits per heavy atom. The van der Waals surface area contributed by atoms with E-state index in [1.165, 1.54) is 109 Å². The van der Waals surface area contributed by atoms with Crippen LogP contribution in [0.3, 0.4) is 0 Å². The van der Waals surface area contributed by atoms with E-state index in [0.717, 1.165) is 140 Å². The number of carbonyl (C=O) groups excluding carboxylic acids is 4. The van der Waals surface area contributed by atoms with Crippen molar-refractivity contribution in [3.63, 3.8) is 0 Å². The van der Waals surface area contributed by atoms with Crippen molar-refractivity contribution in [1.29, 1.82) is 0 Å². The molecule has 0 aliphatic rings. The first-order valence-electron chi connectivity index (χ1n) is 39.8. The van der Waals surface area contributed by atoms with Crippen molar-refractivity contribution >= 4 is 132 Å². The molecule has 0 atom stereocenters. The number of hydrogen-bond donors (Lipinski definition) is 8. The molecule has 0 fully saturated rings. The maximum atomic E-state index is 14.4. The Balaban J connectivity index is 0.000000316. The lowest BCUT2D eigenvalue weighted by atomic mass is 9.80. The number of benzene rings is 7. The molecule has 0 unspecified atom stereocenters. The maximum absolute atomic E-state index is 14.4. The average Bonchev–Trinajstić information content (AvgIpc) is 0.803. The molecule has 11 rings (SSSR count). The lowest BCUT2D eigenvalue weighted by Gasteiger charge is -2.12. The lowest BCUT2D eigenvalue weighted by molar-refractivity contribution is -0.141. The van der Waals surface area contributed by atoms with Crippen LogP contribution in [0.25, 0.3) is 58.1 Å². The minimum atomic E-state index is -4.74. The SMILES string of the molecule is C#Cc1cc(CN)cc(F)c1NS(C)(=O)=O.C#Cc1cc(CNC(=O)/C=C/c2ccc(C(F)(F)F)nc2-c2cccc(F)c2)cc(F)c1NS(C)(=O)=O.C#Cc1cc(CNC(=O)/C=C/c2ccc(C(F)(F)F)nc2-c2cccc(F)c2)cc(F)c1NS(C)(=O)=O.CCOC(=O)/C=C/c1ccc(C(F)(F)F)nc1-c1cccc(F)c1.CCOC(=O)/C=C/c1ccc(C(F)(F)F)nc1Cl.Cl.OB(O)c1cccc(F)c1. The number of amides is 2. The van der Waals surface area contributed by atoms with Gasteiger partial charge < -0.3 is 35.9 Å². The summed E-state index contributed by atoms with van der Waals surface area (Å²) in [6.45, 7) is 3.38. The summed E-state index contributed by atoms with van der Waals surface area (Å²) in [7, 11) is -12.7. The van der Waals surface area contributed by atoms with E-state index in [-0.39, 0.29) is 145 Å². The summed E-state index contributed by atoms with van der Waals surface area (Å²) in [5.74, 6) is -1.13. The van der Waals surface area contributed by atoms with Gasteiger partial charge in [0.05, 0.1) is 82.8 Å². The molecule has 0 saturated carbocycles. The van der Waals surface area contributed by atoms with Gasteiger partial charge in [0.25, 0.3) is 0 Å². The minimum Gasteiger partial charge on any atom is -0.463 e. The number of halogens is 21. The molecular formula is C94H76BCl2F19N10O14S3. The normalized spacial score (nSPS) is 11.4. The smallest absolute Gasteiger partial charge is 0.463 e. The van der Waals surface area contributed by atoms with Crippen LogP contribution in [-0.4, -0.2) is 118 Å². The molecule has 24 nitrogen and oxygen atoms in total. The zero-order valence-corrected chi connectivity index (χ0v) is 78.2. The van der Waals surface area contributed by atoms with Crippen molar-refractivity contribution < 1.29 is 147 Å². The molecule has 0 spiro atoms. The number of ether oxygens (including phenoxy) is 2. The number of aromatic nitrogens is 4. The van der Waals surface area contributed by atoms with Crippen molar-refractivity contribution in [2.75, 3.05) is 46.1 Å². The molecule has 143 heavy (non-hydrogen) atoms. The Morgan fingerprint density at radius 1 is 0.413 bits per heavy atom. The Bertz CT molecular complexity index is 6850. The number of hydrogen-bond acceptors (Lipinski definition) is 19. The molecule has 0 aliphatic heterocycles. The molecule has 7 aromatic carbocycles. The molecule has 11 aromatic rings. The van der Waals surface area contributed by atoms with E-state index in [0.29, 0.717) is 5.56 Å². The van der Waals surface area contributed by atoms with Crippen LogP contribution in [0.5, 0.6) is 0 Å². The third-order valence-corrected chi connectivity index (χ3v) is 19.4. The van der Waals surface area contributed by atoms with Crippen LogP contribution in [0.4, 0.5) is 100 Å². The number of pyridine rings is 4. The Hall–Kier alpha value is -14.9. The number of nitrogens with zero attached hydrogens (tertiary/aromatic N) is 4. The van der Waals surface area contributed by atoms with Crippen LogP contribution < -0.4 is 36.0 Å². The van der Waals surface area contributed by atoms with E-state index < -0.39 is 161 Å². The summed E-state index contributed by atoms with van der Waals surface area (Å²) in [6, 6.07) is 34.6. The van der Waals surface area contributed by atoms with Gasteiger partial charge in [-0.1, -0.05) is 96.1 Å². The highest BCUT2D eigenvalue weighted by Crippen LogP contribution is 2.38. The monoisotopic (exact) mass is 2110 g/mol. The first kappa shape index (κ1) is 119. The second kappa shape index (κ2) is 53.1. The van der Waals surface area contributed by atoms with Gasteiger partial charge >= 0.3 is 43.8 Å². The van der Waals surface area contributed by atoms with Gasteiger partial charge in [0, 0.05) is 82.9 Å².